The highest BCUT2D eigenvalue weighted by molar-refractivity contribution is 8.13. The molecular formula is C16H11ClN4S2. The first kappa shape index (κ1) is 15.8. The average molecular weight is 359 g/mol. The van der Waals surface area contributed by atoms with Crippen LogP contribution in [0.5, 0.6) is 0 Å². The van der Waals surface area contributed by atoms with Crippen molar-refractivity contribution in [1.82, 2.24) is 10.3 Å². The summed E-state index contributed by atoms with van der Waals surface area (Å²) in [5.74, 6) is 0. The number of rotatable bonds is 2. The topological polar surface area (TPSA) is 61.1 Å². The molecule has 114 valence electrons. The Labute approximate surface area is 146 Å². The molecule has 3 aromatic rings. The fraction of sp³-hybridized carbons (Fsp3) is 0.0625. The van der Waals surface area contributed by atoms with E-state index in [2.05, 4.69) is 15.3 Å². The summed E-state index contributed by atoms with van der Waals surface area (Å²) in [6.45, 7) is 0. The van der Waals surface area contributed by atoms with Crippen molar-refractivity contribution in [2.75, 3.05) is 6.26 Å². The van der Waals surface area contributed by atoms with Crippen molar-refractivity contribution in [1.29, 1.82) is 5.26 Å². The summed E-state index contributed by atoms with van der Waals surface area (Å²) in [4.78, 5) is 8.97. The van der Waals surface area contributed by atoms with E-state index in [4.69, 9.17) is 16.9 Å². The van der Waals surface area contributed by atoms with Crippen LogP contribution in [0.2, 0.25) is 5.02 Å². The van der Waals surface area contributed by atoms with Gasteiger partial charge in [0.1, 0.15) is 5.01 Å². The van der Waals surface area contributed by atoms with E-state index in [1.54, 1.807) is 17.4 Å². The highest BCUT2D eigenvalue weighted by atomic mass is 35.5. The maximum absolute atomic E-state index is 8.67. The van der Waals surface area contributed by atoms with Gasteiger partial charge in [-0.2, -0.15) is 5.26 Å². The van der Waals surface area contributed by atoms with Crippen LogP contribution >= 0.6 is 34.7 Å². The maximum Gasteiger partial charge on any atom is 0.183 e. The number of thioether (sulfide) groups is 1. The molecule has 0 saturated heterocycles. The Balaban J connectivity index is 1.97. The number of fused-ring (bicyclic) bond motifs is 1. The van der Waals surface area contributed by atoms with Gasteiger partial charge in [-0.25, -0.2) is 9.98 Å². The van der Waals surface area contributed by atoms with Gasteiger partial charge in [-0.05, 0) is 36.6 Å². The molecule has 3 rings (SSSR count). The number of benzene rings is 2. The molecule has 1 N–H and O–H groups in total. The Bertz CT molecular complexity index is 894. The molecule has 0 aliphatic rings. The van der Waals surface area contributed by atoms with E-state index in [1.807, 2.05) is 48.8 Å². The number of para-hydroxylation sites is 1. The second kappa shape index (κ2) is 7.01. The van der Waals surface area contributed by atoms with Gasteiger partial charge in [0.25, 0.3) is 0 Å². The lowest BCUT2D eigenvalue weighted by atomic mass is 10.2. The zero-order valence-corrected chi connectivity index (χ0v) is 14.5. The monoisotopic (exact) mass is 358 g/mol. The number of nitrogens with one attached hydrogen (secondary N) is 1. The average Bonchev–Trinajstić information content (AvgIpc) is 2.98. The highest BCUT2D eigenvalue weighted by Crippen LogP contribution is 2.36. The third-order valence-corrected chi connectivity index (χ3v) is 5.03. The van der Waals surface area contributed by atoms with Crippen LogP contribution in [0.1, 0.15) is 0 Å². The molecule has 0 saturated carbocycles. The smallest absolute Gasteiger partial charge is 0.183 e. The van der Waals surface area contributed by atoms with Crippen LogP contribution in [-0.2, 0) is 0 Å². The number of halogens is 1. The Morgan fingerprint density at radius 2 is 2.17 bits per heavy atom. The summed E-state index contributed by atoms with van der Waals surface area (Å²) < 4.78 is 1.13. The minimum atomic E-state index is 0.524. The third-order valence-electron chi connectivity index (χ3n) is 3.06. The first-order valence-electron chi connectivity index (χ1n) is 6.64. The number of aliphatic imine (C=N–C) groups is 1. The Morgan fingerprint density at radius 3 is 2.87 bits per heavy atom. The van der Waals surface area contributed by atoms with Crippen molar-refractivity contribution in [2.45, 2.75) is 0 Å². The van der Waals surface area contributed by atoms with E-state index in [0.717, 1.165) is 20.8 Å². The van der Waals surface area contributed by atoms with Crippen molar-refractivity contribution in [3.8, 4) is 16.8 Å². The second-order valence-corrected chi connectivity index (χ2v) is 6.74. The molecular weight excluding hydrogens is 348 g/mol. The standard InChI is InChI=1S/C16H11ClN4S2/c1-22-16(19-9-18)20-10-6-7-11(12(17)8-10)15-21-13-4-2-3-5-14(13)23-15/h2-8H,1H3,(H,19,20). The van der Waals surface area contributed by atoms with Crippen molar-refractivity contribution >= 4 is 55.8 Å². The predicted molar refractivity (Wildman–Crippen MR) is 99.4 cm³/mol. The van der Waals surface area contributed by atoms with Gasteiger partial charge in [0.2, 0.25) is 0 Å². The first-order chi connectivity index (χ1) is 11.2. The second-order valence-electron chi connectivity index (χ2n) is 4.51. The largest absolute Gasteiger partial charge is 0.271 e. The number of nitriles is 1. The van der Waals surface area contributed by atoms with Crippen LogP contribution in [0, 0.1) is 11.5 Å². The quantitative estimate of drug-likeness (QED) is 0.302. The maximum atomic E-state index is 8.67. The summed E-state index contributed by atoms with van der Waals surface area (Å²) >= 11 is 9.37. The van der Waals surface area contributed by atoms with Crippen LogP contribution in [0.15, 0.2) is 47.5 Å². The molecule has 23 heavy (non-hydrogen) atoms. The van der Waals surface area contributed by atoms with E-state index in [-0.39, 0.29) is 0 Å². The fourth-order valence-electron chi connectivity index (χ4n) is 2.02. The van der Waals surface area contributed by atoms with Crippen molar-refractivity contribution < 1.29 is 0 Å². The Kier molecular flexibility index (Phi) is 4.82. The van der Waals surface area contributed by atoms with E-state index in [0.29, 0.717) is 15.9 Å². The van der Waals surface area contributed by atoms with E-state index in [1.165, 1.54) is 11.8 Å². The fourth-order valence-corrected chi connectivity index (χ4v) is 3.69. The molecule has 1 aromatic heterocycles. The number of nitrogens with zero attached hydrogens (tertiary/aromatic N) is 3. The highest BCUT2D eigenvalue weighted by Gasteiger charge is 2.10. The normalized spacial score (nSPS) is 11.4. The molecule has 4 nitrogen and oxygen atoms in total. The van der Waals surface area contributed by atoms with E-state index >= 15 is 0 Å². The lowest BCUT2D eigenvalue weighted by Crippen LogP contribution is -2.12. The molecule has 0 spiro atoms. The molecule has 0 fully saturated rings. The molecule has 2 aromatic carbocycles. The summed E-state index contributed by atoms with van der Waals surface area (Å²) in [5, 5.41) is 13.2. The number of aromatic nitrogens is 1. The molecule has 0 atom stereocenters. The van der Waals surface area contributed by atoms with Gasteiger partial charge < -0.3 is 0 Å². The molecule has 0 bridgehead atoms. The summed E-state index contributed by atoms with van der Waals surface area (Å²) in [6.07, 6.45) is 3.71. The number of hydrogen-bond acceptors (Lipinski definition) is 5. The van der Waals surface area contributed by atoms with Crippen LogP contribution in [-0.4, -0.2) is 16.4 Å². The molecule has 0 radical (unpaired) electrons. The van der Waals surface area contributed by atoms with E-state index < -0.39 is 0 Å². The van der Waals surface area contributed by atoms with Crippen molar-refractivity contribution in [3.05, 3.63) is 47.5 Å². The minimum Gasteiger partial charge on any atom is -0.271 e. The summed E-state index contributed by atoms with van der Waals surface area (Å²) in [7, 11) is 0. The summed E-state index contributed by atoms with van der Waals surface area (Å²) in [6, 6.07) is 13.5. The van der Waals surface area contributed by atoms with Gasteiger partial charge in [-0.3, -0.25) is 5.32 Å². The van der Waals surface area contributed by atoms with Gasteiger partial charge in [-0.15, -0.1) is 11.3 Å². The van der Waals surface area contributed by atoms with Gasteiger partial charge in [0.15, 0.2) is 11.4 Å². The van der Waals surface area contributed by atoms with Gasteiger partial charge in [-0.1, -0.05) is 35.5 Å². The van der Waals surface area contributed by atoms with Crippen molar-refractivity contribution in [2.24, 2.45) is 4.99 Å². The van der Waals surface area contributed by atoms with Crippen LogP contribution in [0.3, 0.4) is 0 Å². The van der Waals surface area contributed by atoms with Gasteiger partial charge in [0, 0.05) is 5.56 Å². The zero-order valence-electron chi connectivity index (χ0n) is 12.1. The van der Waals surface area contributed by atoms with E-state index in [9.17, 15) is 0 Å². The Hall–Kier alpha value is -2.07. The number of amidine groups is 1. The van der Waals surface area contributed by atoms with Gasteiger partial charge >= 0.3 is 0 Å². The molecule has 7 heteroatoms. The van der Waals surface area contributed by atoms with Crippen molar-refractivity contribution in [3.63, 3.8) is 0 Å². The molecule has 0 aliphatic heterocycles. The molecule has 0 unspecified atom stereocenters. The number of hydrogen-bond donors (Lipinski definition) is 1. The van der Waals surface area contributed by atoms with Gasteiger partial charge in [0.05, 0.1) is 20.9 Å². The molecule has 0 amide bonds. The first-order valence-corrected chi connectivity index (χ1v) is 9.06. The minimum absolute atomic E-state index is 0.524. The molecule has 1 heterocycles. The third kappa shape index (κ3) is 3.48. The zero-order chi connectivity index (χ0) is 16.2. The summed E-state index contributed by atoms with van der Waals surface area (Å²) in [5.41, 5.74) is 2.53. The lowest BCUT2D eigenvalue weighted by molar-refractivity contribution is 1.28. The Morgan fingerprint density at radius 1 is 1.35 bits per heavy atom. The van der Waals surface area contributed by atoms with Crippen LogP contribution in [0.25, 0.3) is 20.8 Å². The van der Waals surface area contributed by atoms with Crippen LogP contribution < -0.4 is 5.32 Å². The SMILES string of the molecule is CSC(=Nc1ccc(-c2nc3ccccc3s2)c(Cl)c1)NC#N. The molecule has 0 aliphatic carbocycles. The lowest BCUT2D eigenvalue weighted by Gasteiger charge is -2.03. The number of thiazole rings is 1. The van der Waals surface area contributed by atoms with Crippen LogP contribution in [0.4, 0.5) is 5.69 Å². The predicted octanol–water partition coefficient (Wildman–Crippen LogP) is 5.04.